The number of rotatable bonds is 1. The van der Waals surface area contributed by atoms with Gasteiger partial charge in [0.1, 0.15) is 0 Å². The molecule has 0 aromatic carbocycles. The Bertz CT molecular complexity index is 243. The van der Waals surface area contributed by atoms with E-state index < -0.39 is 0 Å². The third-order valence-electron chi connectivity index (χ3n) is 5.69. The highest BCUT2D eigenvalue weighted by Crippen LogP contribution is 2.93. The third kappa shape index (κ3) is 0.562. The summed E-state index contributed by atoms with van der Waals surface area (Å²) in [6.07, 6.45) is 9.12. The van der Waals surface area contributed by atoms with E-state index in [1.807, 2.05) is 0 Å². The van der Waals surface area contributed by atoms with Crippen LogP contribution < -0.4 is 0 Å². The molecule has 0 saturated heterocycles. The lowest BCUT2D eigenvalue weighted by molar-refractivity contribution is -0.0321. The first-order chi connectivity index (χ1) is 6.31. The number of aliphatic hydroxyl groups is 1. The Kier molecular flexibility index (Phi) is 1.03. The van der Waals surface area contributed by atoms with Crippen LogP contribution in [0.25, 0.3) is 0 Å². The summed E-state index contributed by atoms with van der Waals surface area (Å²) in [4.78, 5) is 0. The third-order valence-corrected chi connectivity index (χ3v) is 5.69. The monoisotopic (exact) mass is 178 g/mol. The lowest BCUT2D eigenvalue weighted by atomic mass is 9.74. The Balaban J connectivity index is 1.69. The van der Waals surface area contributed by atoms with Crippen LogP contribution in [0.1, 0.15) is 44.9 Å². The summed E-state index contributed by atoms with van der Waals surface area (Å²) in [5.41, 5.74) is 0.315. The molecule has 13 heavy (non-hydrogen) atoms. The van der Waals surface area contributed by atoms with E-state index in [0.717, 1.165) is 30.6 Å². The normalized spacial score (nSPS) is 60.2. The average molecular weight is 178 g/mol. The van der Waals surface area contributed by atoms with E-state index in [1.165, 1.54) is 32.1 Å². The summed E-state index contributed by atoms with van der Waals surface area (Å²) >= 11 is 0. The van der Waals surface area contributed by atoms with Crippen LogP contribution in [0.3, 0.4) is 0 Å². The van der Waals surface area contributed by atoms with Gasteiger partial charge in [-0.3, -0.25) is 0 Å². The van der Waals surface area contributed by atoms with Gasteiger partial charge in [-0.2, -0.15) is 0 Å². The molecule has 0 aromatic rings. The van der Waals surface area contributed by atoms with Crippen molar-refractivity contribution in [2.24, 2.45) is 23.2 Å². The van der Waals surface area contributed by atoms with Crippen molar-refractivity contribution < 1.29 is 5.11 Å². The molecular weight excluding hydrogens is 160 g/mol. The lowest BCUT2D eigenvalue weighted by Gasteiger charge is -2.35. The zero-order chi connectivity index (χ0) is 8.68. The largest absolute Gasteiger partial charge is 0.389 e. The van der Waals surface area contributed by atoms with Gasteiger partial charge in [-0.1, -0.05) is 19.3 Å². The molecule has 72 valence electrons. The van der Waals surface area contributed by atoms with Crippen LogP contribution >= 0.6 is 0 Å². The summed E-state index contributed by atoms with van der Waals surface area (Å²) in [5.74, 6) is 2.92. The van der Waals surface area contributed by atoms with Gasteiger partial charge < -0.3 is 5.11 Å². The van der Waals surface area contributed by atoms with E-state index >= 15 is 0 Å². The Morgan fingerprint density at radius 2 is 1.54 bits per heavy atom. The smallest absolute Gasteiger partial charge is 0.0712 e. The lowest BCUT2D eigenvalue weighted by Crippen LogP contribution is -2.37. The fraction of sp³-hybridized carbons (Fsp3) is 1.00. The van der Waals surface area contributed by atoms with Crippen LogP contribution in [0.2, 0.25) is 0 Å². The van der Waals surface area contributed by atoms with Gasteiger partial charge in [0.15, 0.2) is 0 Å². The van der Waals surface area contributed by atoms with E-state index in [9.17, 15) is 5.11 Å². The molecule has 0 aliphatic heterocycles. The van der Waals surface area contributed by atoms with Crippen molar-refractivity contribution in [1.82, 2.24) is 0 Å². The Morgan fingerprint density at radius 1 is 0.923 bits per heavy atom. The van der Waals surface area contributed by atoms with E-state index in [0.29, 0.717) is 5.41 Å². The molecule has 0 aromatic heterocycles. The maximum absolute atomic E-state index is 10.6. The first-order valence-electron chi connectivity index (χ1n) is 6.03. The second-order valence-corrected chi connectivity index (χ2v) is 5.84. The second-order valence-electron chi connectivity index (χ2n) is 5.84. The maximum atomic E-state index is 10.6. The quantitative estimate of drug-likeness (QED) is 0.653. The SMILES string of the molecule is OC1(C23C4CCCC2C43)CCCC1. The van der Waals surface area contributed by atoms with Crippen molar-refractivity contribution in [3.05, 3.63) is 0 Å². The zero-order valence-corrected chi connectivity index (χ0v) is 8.13. The van der Waals surface area contributed by atoms with E-state index in [-0.39, 0.29) is 5.60 Å². The van der Waals surface area contributed by atoms with Crippen molar-refractivity contribution in [3.63, 3.8) is 0 Å². The van der Waals surface area contributed by atoms with Crippen molar-refractivity contribution >= 4 is 0 Å². The minimum Gasteiger partial charge on any atom is -0.389 e. The highest BCUT2D eigenvalue weighted by Gasteiger charge is 2.92. The maximum Gasteiger partial charge on any atom is 0.0712 e. The van der Waals surface area contributed by atoms with Crippen LogP contribution in [0.4, 0.5) is 0 Å². The summed E-state index contributed by atoms with van der Waals surface area (Å²) in [6.45, 7) is 0. The molecule has 1 heteroatoms. The van der Waals surface area contributed by atoms with E-state index in [2.05, 4.69) is 0 Å². The van der Waals surface area contributed by atoms with Crippen LogP contribution in [0.15, 0.2) is 0 Å². The number of hydrogen-bond acceptors (Lipinski definition) is 1. The second kappa shape index (κ2) is 1.84. The highest BCUT2D eigenvalue weighted by atomic mass is 16.3. The first kappa shape index (κ1) is 7.28. The fourth-order valence-electron chi connectivity index (χ4n) is 5.25. The summed E-state index contributed by atoms with van der Waals surface area (Å²) in [7, 11) is 0. The molecule has 4 fully saturated rings. The molecule has 0 amide bonds. The number of hydrogen-bond donors (Lipinski definition) is 1. The molecule has 0 heterocycles. The Morgan fingerprint density at radius 3 is 2.08 bits per heavy atom. The first-order valence-corrected chi connectivity index (χ1v) is 6.03. The molecule has 1 nitrogen and oxygen atoms in total. The molecule has 4 rings (SSSR count). The molecule has 4 aliphatic rings. The van der Waals surface area contributed by atoms with Gasteiger partial charge in [0.25, 0.3) is 0 Å². The molecule has 2 unspecified atom stereocenters. The van der Waals surface area contributed by atoms with Crippen molar-refractivity contribution in [2.45, 2.75) is 50.5 Å². The molecule has 2 atom stereocenters. The van der Waals surface area contributed by atoms with Crippen LogP contribution in [-0.4, -0.2) is 10.7 Å². The van der Waals surface area contributed by atoms with Gasteiger partial charge in [0.2, 0.25) is 0 Å². The van der Waals surface area contributed by atoms with Gasteiger partial charge in [-0.05, 0) is 43.4 Å². The molecule has 4 aliphatic carbocycles. The molecule has 0 spiro atoms. The van der Waals surface area contributed by atoms with E-state index in [1.54, 1.807) is 0 Å². The fourth-order valence-corrected chi connectivity index (χ4v) is 5.25. The molecular formula is C12H18O. The van der Waals surface area contributed by atoms with Crippen molar-refractivity contribution in [2.75, 3.05) is 0 Å². The predicted molar refractivity (Wildman–Crippen MR) is 50.2 cm³/mol. The van der Waals surface area contributed by atoms with Crippen molar-refractivity contribution in [1.29, 1.82) is 0 Å². The minimum atomic E-state index is -0.187. The Labute approximate surface area is 79.5 Å². The topological polar surface area (TPSA) is 20.2 Å². The summed E-state index contributed by atoms with van der Waals surface area (Å²) in [5, 5.41) is 10.6. The predicted octanol–water partition coefficient (Wildman–Crippen LogP) is 2.34. The summed E-state index contributed by atoms with van der Waals surface area (Å²) < 4.78 is 0. The number of fused-ring (bicyclic) bond motifs is 2. The van der Waals surface area contributed by atoms with E-state index in [4.69, 9.17) is 0 Å². The molecule has 0 bridgehead atoms. The highest BCUT2D eigenvalue weighted by molar-refractivity contribution is 5.39. The zero-order valence-electron chi connectivity index (χ0n) is 8.13. The Hall–Kier alpha value is -0.0400. The molecule has 4 saturated carbocycles. The van der Waals surface area contributed by atoms with Crippen LogP contribution in [-0.2, 0) is 0 Å². The molecule has 0 radical (unpaired) electrons. The standard InChI is InChI=1S/C12H18O/c13-11(6-1-2-7-11)12-8-4-3-5-9(12)10(8)12/h8-10,13H,1-7H2. The van der Waals surface area contributed by atoms with Crippen LogP contribution in [0.5, 0.6) is 0 Å². The van der Waals surface area contributed by atoms with Gasteiger partial charge >= 0.3 is 0 Å². The average Bonchev–Trinajstić information content (AvgIpc) is 3.00. The van der Waals surface area contributed by atoms with Gasteiger partial charge in [-0.25, -0.2) is 0 Å². The minimum absolute atomic E-state index is 0.187. The van der Waals surface area contributed by atoms with Gasteiger partial charge in [-0.15, -0.1) is 0 Å². The summed E-state index contributed by atoms with van der Waals surface area (Å²) in [6, 6.07) is 0. The van der Waals surface area contributed by atoms with Gasteiger partial charge in [0.05, 0.1) is 5.60 Å². The van der Waals surface area contributed by atoms with Crippen molar-refractivity contribution in [3.8, 4) is 0 Å². The molecule has 1 N–H and O–H groups in total. The van der Waals surface area contributed by atoms with Gasteiger partial charge in [0, 0.05) is 5.41 Å². The van der Waals surface area contributed by atoms with Crippen LogP contribution in [0, 0.1) is 23.2 Å².